The molecule has 1 amide bonds. The first kappa shape index (κ1) is 20.3. The maximum Gasteiger partial charge on any atom is 0.253 e. The molecule has 3 rings (SSSR count). The average molecular weight is 394 g/mol. The molecule has 27 heavy (non-hydrogen) atoms. The van der Waals surface area contributed by atoms with E-state index in [0.29, 0.717) is 18.2 Å². The lowest BCUT2D eigenvalue weighted by atomic mass is 9.96. The Labute approximate surface area is 163 Å². The van der Waals surface area contributed by atoms with E-state index in [1.54, 1.807) is 31.3 Å². The quantitative estimate of drug-likeness (QED) is 0.834. The maximum absolute atomic E-state index is 12.9. The summed E-state index contributed by atoms with van der Waals surface area (Å²) in [7, 11) is 0.0741. The number of rotatable bonds is 5. The summed E-state index contributed by atoms with van der Waals surface area (Å²) in [4.78, 5) is 14.9. The summed E-state index contributed by atoms with van der Waals surface area (Å²) < 4.78 is 27.4. The molecule has 150 valence electrons. The van der Waals surface area contributed by atoms with Crippen LogP contribution in [0, 0.1) is 0 Å². The number of likely N-dealkylation sites (N-methyl/N-ethyl adjacent to an activating group) is 1. The van der Waals surface area contributed by atoms with Crippen LogP contribution in [-0.2, 0) is 10.0 Å². The van der Waals surface area contributed by atoms with Gasteiger partial charge in [0.1, 0.15) is 0 Å². The van der Waals surface area contributed by atoms with Crippen molar-refractivity contribution >= 4 is 15.9 Å². The number of carbonyl (C=O) groups excluding carboxylic acids is 1. The number of sulfonamides is 1. The van der Waals surface area contributed by atoms with Crippen LogP contribution in [0.2, 0.25) is 0 Å². The normalized spacial score (nSPS) is 22.2. The van der Waals surface area contributed by atoms with Gasteiger partial charge in [-0.15, -0.1) is 0 Å². The van der Waals surface area contributed by atoms with Crippen LogP contribution >= 0.6 is 0 Å². The molecular formula is C20H31N3O3S. The number of nitrogens with zero attached hydrogens (tertiary/aromatic N) is 2. The minimum absolute atomic E-state index is 0.0282. The Bertz CT molecular complexity index is 742. The Morgan fingerprint density at radius 1 is 1.07 bits per heavy atom. The third-order valence-corrected chi connectivity index (χ3v) is 7.91. The molecule has 1 aromatic rings. The monoisotopic (exact) mass is 393 g/mol. The molecule has 1 saturated carbocycles. The Morgan fingerprint density at radius 3 is 2.37 bits per heavy atom. The summed E-state index contributed by atoms with van der Waals surface area (Å²) in [5.41, 5.74) is 0.547. The van der Waals surface area contributed by atoms with Gasteiger partial charge in [0.2, 0.25) is 10.0 Å². The molecule has 7 heteroatoms. The molecule has 1 unspecified atom stereocenters. The zero-order valence-corrected chi connectivity index (χ0v) is 17.2. The highest BCUT2D eigenvalue weighted by Gasteiger charge is 2.29. The van der Waals surface area contributed by atoms with Gasteiger partial charge in [0.05, 0.1) is 4.90 Å². The van der Waals surface area contributed by atoms with E-state index in [2.05, 4.69) is 5.32 Å². The molecular weight excluding hydrogens is 362 g/mol. The van der Waals surface area contributed by atoms with Crippen LogP contribution in [0.15, 0.2) is 29.2 Å². The van der Waals surface area contributed by atoms with E-state index in [1.807, 2.05) is 11.9 Å². The lowest BCUT2D eigenvalue weighted by Crippen LogP contribution is -2.46. The first-order valence-corrected chi connectivity index (χ1v) is 11.4. The summed E-state index contributed by atoms with van der Waals surface area (Å²) >= 11 is 0. The molecule has 1 aromatic carbocycles. The second kappa shape index (κ2) is 8.71. The molecule has 1 N–H and O–H groups in total. The summed E-state index contributed by atoms with van der Waals surface area (Å²) in [6, 6.07) is 6.84. The van der Waals surface area contributed by atoms with Gasteiger partial charge in [0.25, 0.3) is 5.91 Å². The minimum atomic E-state index is -3.52. The predicted molar refractivity (Wildman–Crippen MR) is 106 cm³/mol. The molecule has 2 aliphatic rings. The predicted octanol–water partition coefficient (Wildman–Crippen LogP) is 2.46. The van der Waals surface area contributed by atoms with Crippen LogP contribution in [0.5, 0.6) is 0 Å². The van der Waals surface area contributed by atoms with Gasteiger partial charge in [-0.1, -0.05) is 19.3 Å². The molecule has 1 heterocycles. The first-order chi connectivity index (χ1) is 12.9. The minimum Gasteiger partial charge on any atom is -0.337 e. The van der Waals surface area contributed by atoms with Crippen molar-refractivity contribution in [1.82, 2.24) is 14.5 Å². The SMILES string of the molecule is CNC1CCCN(C(=O)c2ccc(S(=O)(=O)N(C)C3CCCCC3)cc2)C1. The van der Waals surface area contributed by atoms with Gasteiger partial charge >= 0.3 is 0 Å². The second-order valence-electron chi connectivity index (χ2n) is 7.72. The van der Waals surface area contributed by atoms with Gasteiger partial charge in [0, 0.05) is 37.8 Å². The molecule has 1 saturated heterocycles. The van der Waals surface area contributed by atoms with Crippen LogP contribution in [-0.4, -0.2) is 62.8 Å². The Morgan fingerprint density at radius 2 is 1.74 bits per heavy atom. The van der Waals surface area contributed by atoms with Gasteiger partial charge in [-0.2, -0.15) is 4.31 Å². The number of hydrogen-bond donors (Lipinski definition) is 1. The van der Waals surface area contributed by atoms with Crippen molar-refractivity contribution in [3.8, 4) is 0 Å². The van der Waals surface area contributed by atoms with E-state index in [-0.39, 0.29) is 16.8 Å². The molecule has 6 nitrogen and oxygen atoms in total. The Kier molecular flexibility index (Phi) is 6.55. The number of piperidine rings is 1. The number of likely N-dealkylation sites (tertiary alicyclic amines) is 1. The molecule has 1 aliphatic heterocycles. The van der Waals surface area contributed by atoms with E-state index >= 15 is 0 Å². The topological polar surface area (TPSA) is 69.7 Å². The molecule has 0 spiro atoms. The number of nitrogens with one attached hydrogen (secondary N) is 1. The van der Waals surface area contributed by atoms with Gasteiger partial charge in [-0.25, -0.2) is 8.42 Å². The Hall–Kier alpha value is -1.44. The van der Waals surface area contributed by atoms with Gasteiger partial charge in [-0.3, -0.25) is 4.79 Å². The zero-order valence-electron chi connectivity index (χ0n) is 16.4. The van der Waals surface area contributed by atoms with Crippen molar-refractivity contribution in [2.24, 2.45) is 0 Å². The highest BCUT2D eigenvalue weighted by atomic mass is 32.2. The highest BCUT2D eigenvalue weighted by Crippen LogP contribution is 2.26. The molecule has 1 atom stereocenters. The standard InChI is InChI=1S/C20H31N3O3S/c1-21-17-7-6-14-23(15-17)20(24)16-10-12-19(13-11-16)27(25,26)22(2)18-8-4-3-5-9-18/h10-13,17-18,21H,3-9,14-15H2,1-2H3. The first-order valence-electron chi connectivity index (χ1n) is 9.98. The van der Waals surface area contributed by atoms with E-state index in [0.717, 1.165) is 45.1 Å². The maximum atomic E-state index is 12.9. The highest BCUT2D eigenvalue weighted by molar-refractivity contribution is 7.89. The fourth-order valence-corrected chi connectivity index (χ4v) is 5.57. The number of benzene rings is 1. The summed E-state index contributed by atoms with van der Waals surface area (Å²) in [5, 5.41) is 3.23. The second-order valence-corrected chi connectivity index (χ2v) is 9.71. The van der Waals surface area contributed by atoms with Crippen molar-refractivity contribution in [1.29, 1.82) is 0 Å². The van der Waals surface area contributed by atoms with Crippen molar-refractivity contribution in [3.63, 3.8) is 0 Å². The van der Waals surface area contributed by atoms with Crippen molar-refractivity contribution in [2.75, 3.05) is 27.2 Å². The molecule has 2 fully saturated rings. The van der Waals surface area contributed by atoms with Crippen LogP contribution < -0.4 is 5.32 Å². The summed E-state index contributed by atoms with van der Waals surface area (Å²) in [6.07, 6.45) is 7.26. The molecule has 0 radical (unpaired) electrons. The third-order valence-electron chi connectivity index (χ3n) is 5.98. The van der Waals surface area contributed by atoms with E-state index < -0.39 is 10.0 Å². The van der Waals surface area contributed by atoms with Crippen LogP contribution in [0.1, 0.15) is 55.3 Å². The fourth-order valence-electron chi connectivity index (χ4n) is 4.16. The molecule has 0 bridgehead atoms. The van der Waals surface area contributed by atoms with Crippen LogP contribution in [0.25, 0.3) is 0 Å². The number of amides is 1. The number of hydrogen-bond acceptors (Lipinski definition) is 4. The average Bonchev–Trinajstić information content (AvgIpc) is 2.73. The van der Waals surface area contributed by atoms with E-state index in [1.165, 1.54) is 10.7 Å². The third kappa shape index (κ3) is 4.52. The van der Waals surface area contributed by atoms with Crippen molar-refractivity contribution in [3.05, 3.63) is 29.8 Å². The Balaban J connectivity index is 1.71. The van der Waals surface area contributed by atoms with E-state index in [4.69, 9.17) is 0 Å². The smallest absolute Gasteiger partial charge is 0.253 e. The largest absolute Gasteiger partial charge is 0.337 e. The van der Waals surface area contributed by atoms with Crippen molar-refractivity contribution < 1.29 is 13.2 Å². The van der Waals surface area contributed by atoms with Crippen molar-refractivity contribution in [2.45, 2.75) is 61.9 Å². The fraction of sp³-hybridized carbons (Fsp3) is 0.650. The lowest BCUT2D eigenvalue weighted by molar-refractivity contribution is 0.0698. The molecule has 0 aromatic heterocycles. The molecule has 1 aliphatic carbocycles. The zero-order chi connectivity index (χ0) is 19.4. The van der Waals surface area contributed by atoms with Crippen LogP contribution in [0.3, 0.4) is 0 Å². The van der Waals surface area contributed by atoms with Gasteiger partial charge < -0.3 is 10.2 Å². The summed E-state index contributed by atoms with van der Waals surface area (Å²) in [5.74, 6) is -0.0282. The van der Waals surface area contributed by atoms with Crippen LogP contribution in [0.4, 0.5) is 0 Å². The van der Waals surface area contributed by atoms with Gasteiger partial charge in [0.15, 0.2) is 0 Å². The lowest BCUT2D eigenvalue weighted by Gasteiger charge is -2.32. The van der Waals surface area contributed by atoms with Gasteiger partial charge in [-0.05, 0) is 57.0 Å². The number of carbonyl (C=O) groups is 1. The van der Waals surface area contributed by atoms with E-state index in [9.17, 15) is 13.2 Å². The summed E-state index contributed by atoms with van der Waals surface area (Å²) in [6.45, 7) is 1.45.